The standard InChI is InChI=1S/C47H68FN5O11.C33H46ClN7O7S/c1-28(2)40(53-38(57)27-63-32-13-9-7-6-8-10-14-32)42(60)52-35(15-11-22-51-43(49)61)41(59)50-21-12-16-39(58)64-26-37(56)47(62)29(3)23-34-33-18-17-30-24-31(54)19-20-44(30,4)46(33,48)36(55)25-45(34,47)5;1-24-5-3-6-27(34)32(24)39-33(43)28-23-36-30(49-28)22-26-21-29(38-25(2)37-26)41-10-8-40(9-11-41)12-14-47-31(42)7-4-13-44-15-16-45-17-18-46-19-20-48-35/h19-20,24,28-29,32-36,40,55,62H,6-9,11-13,15-18,21-23,25-27H2,1-5H3,(H,50,59)(H,52,60)(H,53,57)(H3,49,51,61);3,5-6,21,23H,4,7-20,22,35H2,1-2H3,(H,39,43)/t29-,32?,33+,34+,35+,36+,40+,44+,45+,46+,47+;/m1./s1. The van der Waals surface area contributed by atoms with Crippen molar-refractivity contribution < 1.29 is 91.0 Å². The predicted octanol–water partition coefficient (Wildman–Crippen LogP) is 6.20. The second kappa shape index (κ2) is 43.7. The van der Waals surface area contributed by atoms with E-state index in [0.717, 1.165) is 73.9 Å². The van der Waals surface area contributed by atoms with Crippen LogP contribution in [0.1, 0.15) is 163 Å². The molecule has 5 aliphatic carbocycles. The number of aryl methyl sites for hydroxylation is 2. The highest BCUT2D eigenvalue weighted by Crippen LogP contribution is 2.70. The number of benzene rings is 1. The van der Waals surface area contributed by atoms with Crippen molar-refractivity contribution in [2.24, 2.45) is 46.1 Å². The first-order valence-electron chi connectivity index (χ1n) is 39.3. The molecule has 4 fully saturated rings. The average molecular weight is 1620 g/mol. The molecule has 33 heteroatoms. The Bertz CT molecular complexity index is 3870. The number of ketones is 2. The van der Waals surface area contributed by atoms with Gasteiger partial charge in [-0.15, -0.1) is 17.3 Å². The number of carbonyl (C=O) groups is 9. The van der Waals surface area contributed by atoms with Gasteiger partial charge in [0.25, 0.3) is 5.91 Å². The molecular weight excluding hydrogens is 1500 g/mol. The molecule has 622 valence electrons. The van der Waals surface area contributed by atoms with Crippen LogP contribution in [0, 0.1) is 60.2 Å². The van der Waals surface area contributed by atoms with Gasteiger partial charge in [-0.25, -0.2) is 30.0 Å². The quantitative estimate of drug-likeness (QED) is 0.0132. The Hall–Kier alpha value is -7.94. The number of nitrogens with two attached hydrogens (primary N) is 2. The van der Waals surface area contributed by atoms with Gasteiger partial charge >= 0.3 is 18.0 Å². The van der Waals surface area contributed by atoms with Gasteiger partial charge in [0.1, 0.15) is 53.5 Å². The summed E-state index contributed by atoms with van der Waals surface area (Å²) < 4.78 is 50.2. The number of aromatic nitrogens is 3. The molecule has 11 atom stereocenters. The largest absolute Gasteiger partial charge is 0.464 e. The first-order valence-corrected chi connectivity index (χ1v) is 40.5. The van der Waals surface area contributed by atoms with Crippen LogP contribution >= 0.6 is 22.9 Å². The lowest BCUT2D eigenvalue weighted by Gasteiger charge is -2.62. The van der Waals surface area contributed by atoms with E-state index in [0.29, 0.717) is 131 Å². The molecule has 3 aromatic rings. The van der Waals surface area contributed by atoms with Crippen molar-refractivity contribution in [3.8, 4) is 11.8 Å². The van der Waals surface area contributed by atoms with E-state index in [4.69, 9.17) is 51.7 Å². The number of primary amides is 1. The van der Waals surface area contributed by atoms with Gasteiger partial charge in [0.2, 0.25) is 23.5 Å². The van der Waals surface area contributed by atoms with Crippen LogP contribution in [0.2, 0.25) is 5.02 Å². The third kappa shape index (κ3) is 24.8. The molecule has 0 spiro atoms. The van der Waals surface area contributed by atoms with Crippen LogP contribution in [-0.2, 0) is 73.2 Å². The Labute approximate surface area is 669 Å². The average Bonchev–Trinajstić information content (AvgIpc) is 1.58. The van der Waals surface area contributed by atoms with Crippen molar-refractivity contribution in [3.05, 3.63) is 86.3 Å². The monoisotopic (exact) mass is 1620 g/mol. The van der Waals surface area contributed by atoms with Crippen molar-refractivity contribution >= 4 is 87.6 Å². The Morgan fingerprint density at radius 1 is 0.841 bits per heavy atom. The van der Waals surface area contributed by atoms with Crippen LogP contribution in [0.3, 0.4) is 0 Å². The summed E-state index contributed by atoms with van der Waals surface area (Å²) >= 11 is 7.61. The zero-order chi connectivity index (χ0) is 81.9. The number of piperazine rings is 1. The summed E-state index contributed by atoms with van der Waals surface area (Å²) in [6.07, 6.45) is 11.0. The number of ether oxygens (including phenoxy) is 6. The molecule has 2 aromatic heterocycles. The molecule has 1 aliphatic heterocycles. The zero-order valence-electron chi connectivity index (χ0n) is 66.1. The lowest BCUT2D eigenvalue weighted by molar-refractivity contribution is -0.220. The molecule has 0 bridgehead atoms. The molecule has 11 N–H and O–H groups in total. The minimum Gasteiger partial charge on any atom is -0.464 e. The van der Waals surface area contributed by atoms with Crippen LogP contribution in [0.15, 0.2) is 54.3 Å². The van der Waals surface area contributed by atoms with Gasteiger partial charge in [0, 0.05) is 101 Å². The first kappa shape index (κ1) is 90.6. The number of fused-ring (bicyclic) bond motifs is 5. The molecular formula is C80H114ClFN12O18S. The Kier molecular flexibility index (Phi) is 35.0. The number of hydrogen-bond donors (Lipinski definition) is 9. The van der Waals surface area contributed by atoms with Crippen LogP contribution in [-0.4, -0.2) is 231 Å². The Morgan fingerprint density at radius 3 is 2.27 bits per heavy atom. The smallest absolute Gasteiger partial charge is 0.312 e. The zero-order valence-corrected chi connectivity index (χ0v) is 67.6. The number of urea groups is 1. The number of aliphatic hydroxyl groups excluding tert-OH is 1. The number of esters is 2. The van der Waals surface area contributed by atoms with Crippen LogP contribution in [0.5, 0.6) is 0 Å². The number of thiazole rings is 1. The first-order chi connectivity index (χ1) is 54.0. The molecule has 1 saturated heterocycles. The minimum atomic E-state index is -2.13. The van der Waals surface area contributed by atoms with Crippen LogP contribution < -0.4 is 43.1 Å². The highest BCUT2D eigenvalue weighted by atomic mass is 35.5. The highest BCUT2D eigenvalue weighted by Gasteiger charge is 2.75. The van der Waals surface area contributed by atoms with E-state index >= 15 is 4.39 Å². The van der Waals surface area contributed by atoms with Gasteiger partial charge in [-0.1, -0.05) is 75.4 Å². The maximum absolute atomic E-state index is 17.5. The normalized spacial score (nSPS) is 24.4. The molecule has 0 radical (unpaired) electrons. The SMILES string of the molecule is CC(C)[C@H](NC(=O)COC1C#CCCCCC1)C(=O)N[C@@H](CCCNC(N)=O)C(=O)NCCCC(=O)OCC(=O)[C@@]1(O)[C@H](C)C[C@H]2[C@@H]3CCC4=CC(=O)C=C[C@]4(C)[C@@]3(F)[C@@H](O)C[C@@]21C.Cc1nc(Cc2ncc(C(=O)Nc3c(C)cccc3Cl)s2)cc(N2CCN(CCOC(=O)CCCOCCOCCOCCON)CC2)n1. The third-order valence-electron chi connectivity index (χ3n) is 22.3. The summed E-state index contributed by atoms with van der Waals surface area (Å²) in [5.41, 5.74) is 1.53. The van der Waals surface area contributed by atoms with Crippen molar-refractivity contribution in [2.45, 2.75) is 187 Å². The molecule has 6 amide bonds. The summed E-state index contributed by atoms with van der Waals surface area (Å²) in [6.45, 7) is 18.9. The Morgan fingerprint density at radius 2 is 1.55 bits per heavy atom. The van der Waals surface area contributed by atoms with E-state index in [-0.39, 0.29) is 81.5 Å². The van der Waals surface area contributed by atoms with E-state index < -0.39 is 100 Å². The number of hydrogen-bond acceptors (Lipinski definition) is 25. The van der Waals surface area contributed by atoms with E-state index in [1.54, 1.807) is 53.0 Å². The highest BCUT2D eigenvalue weighted by molar-refractivity contribution is 7.13. The lowest BCUT2D eigenvalue weighted by Crippen LogP contribution is -2.69. The number of carbonyl (C=O) groups excluding carboxylic acids is 9. The van der Waals surface area contributed by atoms with Gasteiger partial charge in [-0.05, 0) is 133 Å². The number of anilines is 2. The summed E-state index contributed by atoms with van der Waals surface area (Å²) in [4.78, 5) is 138. The van der Waals surface area contributed by atoms with Gasteiger partial charge in [0.05, 0.1) is 73.4 Å². The number of rotatable bonds is 40. The van der Waals surface area contributed by atoms with Crippen LogP contribution in [0.4, 0.5) is 20.7 Å². The number of Topliss-reactive ketones (excluding diaryl/α,β-unsaturated/α-hetero) is 1. The number of nitrogens with one attached hydrogen (secondary N) is 5. The van der Waals surface area contributed by atoms with Gasteiger partial charge in [0.15, 0.2) is 18.1 Å². The van der Waals surface area contributed by atoms with Crippen molar-refractivity contribution in [1.82, 2.24) is 41.1 Å². The van der Waals surface area contributed by atoms with Crippen molar-refractivity contribution in [2.75, 3.05) is 122 Å². The molecule has 30 nitrogen and oxygen atoms in total. The Balaban J connectivity index is 0.000000293. The maximum atomic E-state index is 17.5. The minimum absolute atomic E-state index is 0.0102. The summed E-state index contributed by atoms with van der Waals surface area (Å²) in [5.74, 6) is 6.51. The molecule has 3 saturated carbocycles. The van der Waals surface area contributed by atoms with E-state index in [1.807, 2.05) is 32.0 Å². The molecule has 113 heavy (non-hydrogen) atoms. The lowest BCUT2D eigenvalue weighted by atomic mass is 9.44. The fourth-order valence-corrected chi connectivity index (χ4v) is 17.2. The fraction of sp³-hybridized carbons (Fsp3) is 0.650. The number of alkyl halides is 1. The maximum Gasteiger partial charge on any atom is 0.312 e. The molecule has 6 aliphatic rings. The van der Waals surface area contributed by atoms with E-state index in [2.05, 4.69) is 68.0 Å². The molecule has 3 heterocycles. The number of halogens is 2. The number of allylic oxidation sites excluding steroid dienone is 4. The number of aliphatic hydroxyl groups is 2. The predicted molar refractivity (Wildman–Crippen MR) is 419 cm³/mol. The van der Waals surface area contributed by atoms with E-state index in [1.165, 1.54) is 23.5 Å². The number of nitrogens with zero attached hydrogens (tertiary/aromatic N) is 5. The second-order valence-corrected chi connectivity index (χ2v) is 32.0. The third-order valence-corrected chi connectivity index (χ3v) is 23.6. The summed E-state index contributed by atoms with van der Waals surface area (Å²) in [7, 11) is 0. The van der Waals surface area contributed by atoms with E-state index in [9.17, 15) is 53.4 Å². The van der Waals surface area contributed by atoms with Crippen LogP contribution in [0.25, 0.3) is 0 Å². The second-order valence-electron chi connectivity index (χ2n) is 30.5. The molecule has 1 unspecified atom stereocenters. The summed E-state index contributed by atoms with van der Waals surface area (Å²) in [6, 6.07) is 4.66. The van der Waals surface area contributed by atoms with Gasteiger partial charge in [-0.2, -0.15) is 0 Å². The van der Waals surface area contributed by atoms with Crippen molar-refractivity contribution in [1.29, 1.82) is 0 Å². The topological polar surface area (TPSA) is 416 Å². The van der Waals surface area contributed by atoms with Crippen molar-refractivity contribution in [3.63, 3.8) is 0 Å². The fourth-order valence-electron chi connectivity index (χ4n) is 16.1. The van der Waals surface area contributed by atoms with Gasteiger partial charge < -0.3 is 80.7 Å². The molecule has 1 aromatic carbocycles. The molecule has 9 rings (SSSR count). The summed E-state index contributed by atoms with van der Waals surface area (Å²) in [5, 5.41) is 38.6. The number of amides is 6. The van der Waals surface area contributed by atoms with Gasteiger partial charge in [-0.3, -0.25) is 43.3 Å². The number of para-hydroxylation sites is 1.